The van der Waals surface area contributed by atoms with Crippen LogP contribution in [0.1, 0.15) is 36.8 Å². The number of likely N-dealkylation sites (tertiary alicyclic amines) is 1. The number of benzene rings is 2. The van der Waals surface area contributed by atoms with Crippen molar-refractivity contribution in [1.29, 1.82) is 0 Å². The van der Waals surface area contributed by atoms with E-state index in [9.17, 15) is 13.2 Å². The third kappa shape index (κ3) is 3.46. The van der Waals surface area contributed by atoms with E-state index in [1.807, 2.05) is 23.1 Å². The molecule has 8 heteroatoms. The highest BCUT2D eigenvalue weighted by atomic mass is 79.9. The first-order valence-electron chi connectivity index (χ1n) is 10.2. The van der Waals surface area contributed by atoms with Crippen LogP contribution in [0.5, 0.6) is 0 Å². The second-order valence-electron chi connectivity index (χ2n) is 8.23. The number of fused-ring (bicyclic) bond motifs is 1. The van der Waals surface area contributed by atoms with Crippen LogP contribution in [-0.2, 0) is 20.4 Å². The lowest BCUT2D eigenvalue weighted by Crippen LogP contribution is -2.45. The number of sulfonamides is 1. The quantitative estimate of drug-likeness (QED) is 0.719. The number of amidine groups is 1. The fourth-order valence-electron chi connectivity index (χ4n) is 4.39. The molecule has 0 radical (unpaired) electrons. The number of hydrogen-bond donors (Lipinski definition) is 1. The van der Waals surface area contributed by atoms with Gasteiger partial charge in [-0.2, -0.15) is 8.42 Å². The third-order valence-electron chi connectivity index (χ3n) is 6.29. The zero-order valence-corrected chi connectivity index (χ0v) is 18.7. The van der Waals surface area contributed by atoms with Gasteiger partial charge in [0.1, 0.15) is 4.90 Å². The number of carbonyl (C=O) groups excluding carboxylic acids is 1. The van der Waals surface area contributed by atoms with Crippen LogP contribution in [0.15, 0.2) is 62.3 Å². The Balaban J connectivity index is 1.25. The fourth-order valence-corrected chi connectivity index (χ4v) is 5.88. The molecule has 2 fully saturated rings. The van der Waals surface area contributed by atoms with Gasteiger partial charge in [-0.15, -0.1) is 4.40 Å². The van der Waals surface area contributed by atoms with Crippen LogP contribution in [0.25, 0.3) is 0 Å². The van der Waals surface area contributed by atoms with E-state index in [2.05, 4.69) is 37.8 Å². The second kappa shape index (κ2) is 7.20. The van der Waals surface area contributed by atoms with Crippen molar-refractivity contribution in [2.24, 2.45) is 10.3 Å². The van der Waals surface area contributed by atoms with E-state index in [4.69, 9.17) is 0 Å². The molecule has 30 heavy (non-hydrogen) atoms. The Kier molecular flexibility index (Phi) is 4.74. The summed E-state index contributed by atoms with van der Waals surface area (Å²) in [5.41, 5.74) is 1.59. The summed E-state index contributed by atoms with van der Waals surface area (Å²) in [6.45, 7) is 1.23. The van der Waals surface area contributed by atoms with Crippen LogP contribution in [0.3, 0.4) is 0 Å². The SMILES string of the molecule is O=C(NC1(c2ccc(Br)cc2)CC1)C1CCN(C2=NS(=O)(=O)c3ccccc32)CC1. The van der Waals surface area contributed by atoms with Crippen molar-refractivity contribution in [3.8, 4) is 0 Å². The fraction of sp³-hybridized carbons (Fsp3) is 0.364. The molecule has 0 aromatic heterocycles. The van der Waals surface area contributed by atoms with Gasteiger partial charge in [-0.1, -0.05) is 40.2 Å². The number of rotatable bonds is 3. The Morgan fingerprint density at radius 2 is 1.73 bits per heavy atom. The lowest BCUT2D eigenvalue weighted by Gasteiger charge is -2.33. The van der Waals surface area contributed by atoms with Crippen molar-refractivity contribution >= 4 is 37.7 Å². The summed E-state index contributed by atoms with van der Waals surface area (Å²) in [7, 11) is -3.62. The van der Waals surface area contributed by atoms with Gasteiger partial charge in [0.05, 0.1) is 5.54 Å². The number of hydrogen-bond acceptors (Lipinski definition) is 4. The number of piperidine rings is 1. The van der Waals surface area contributed by atoms with Gasteiger partial charge in [0.15, 0.2) is 5.84 Å². The molecule has 0 bridgehead atoms. The van der Waals surface area contributed by atoms with E-state index in [1.54, 1.807) is 18.2 Å². The summed E-state index contributed by atoms with van der Waals surface area (Å²) in [6, 6.07) is 15.1. The van der Waals surface area contributed by atoms with E-state index in [0.29, 0.717) is 37.3 Å². The van der Waals surface area contributed by atoms with Gasteiger partial charge in [-0.25, -0.2) is 0 Å². The molecule has 2 aromatic carbocycles. The number of halogens is 1. The molecule has 1 amide bonds. The third-order valence-corrected chi connectivity index (χ3v) is 8.14. The van der Waals surface area contributed by atoms with E-state index in [0.717, 1.165) is 22.9 Å². The molecule has 1 saturated heterocycles. The normalized spacial score (nSPS) is 21.6. The Morgan fingerprint density at radius 3 is 2.40 bits per heavy atom. The minimum Gasteiger partial charge on any atom is -0.355 e. The maximum Gasteiger partial charge on any atom is 0.285 e. The molecule has 0 spiro atoms. The van der Waals surface area contributed by atoms with Crippen molar-refractivity contribution in [3.63, 3.8) is 0 Å². The largest absolute Gasteiger partial charge is 0.355 e. The molecule has 0 unspecified atom stereocenters. The summed E-state index contributed by atoms with van der Waals surface area (Å²) >= 11 is 3.46. The van der Waals surface area contributed by atoms with Gasteiger partial charge in [-0.05, 0) is 55.5 Å². The van der Waals surface area contributed by atoms with Gasteiger partial charge in [-0.3, -0.25) is 4.79 Å². The average Bonchev–Trinajstić information content (AvgIpc) is 3.47. The van der Waals surface area contributed by atoms with Crippen LogP contribution < -0.4 is 5.32 Å². The minimum absolute atomic E-state index is 0.0666. The van der Waals surface area contributed by atoms with Crippen molar-refractivity contribution in [2.45, 2.75) is 36.1 Å². The van der Waals surface area contributed by atoms with Gasteiger partial charge in [0.25, 0.3) is 10.0 Å². The lowest BCUT2D eigenvalue weighted by molar-refractivity contribution is -0.127. The zero-order valence-electron chi connectivity index (χ0n) is 16.3. The maximum absolute atomic E-state index is 13.0. The molecule has 1 saturated carbocycles. The van der Waals surface area contributed by atoms with Gasteiger partial charge in [0.2, 0.25) is 5.91 Å². The van der Waals surface area contributed by atoms with Crippen LogP contribution >= 0.6 is 15.9 Å². The molecule has 2 heterocycles. The Hall–Kier alpha value is -2.19. The molecule has 1 N–H and O–H groups in total. The van der Waals surface area contributed by atoms with E-state index in [-0.39, 0.29) is 22.3 Å². The van der Waals surface area contributed by atoms with Gasteiger partial charge in [0, 0.05) is 29.0 Å². The van der Waals surface area contributed by atoms with Crippen LogP contribution in [0.4, 0.5) is 0 Å². The molecule has 5 rings (SSSR count). The van der Waals surface area contributed by atoms with Crippen molar-refractivity contribution in [1.82, 2.24) is 10.2 Å². The van der Waals surface area contributed by atoms with Gasteiger partial charge < -0.3 is 10.2 Å². The average molecular weight is 488 g/mol. The predicted octanol–water partition coefficient (Wildman–Crippen LogP) is 3.42. The first kappa shape index (κ1) is 19.8. The standard InChI is InChI=1S/C22H22BrN3O3S/c23-17-7-5-16(6-8-17)22(11-12-22)24-21(27)15-9-13-26(14-10-15)20-18-3-1-2-4-19(18)30(28,29)25-20/h1-8,15H,9-14H2,(H,24,27). The smallest absolute Gasteiger partial charge is 0.285 e. The first-order valence-corrected chi connectivity index (χ1v) is 12.4. The van der Waals surface area contributed by atoms with E-state index in [1.165, 1.54) is 0 Å². The van der Waals surface area contributed by atoms with Gasteiger partial charge >= 0.3 is 0 Å². The summed E-state index contributed by atoms with van der Waals surface area (Å²) in [6.07, 6.45) is 3.29. The molecule has 6 nitrogen and oxygen atoms in total. The highest BCUT2D eigenvalue weighted by Crippen LogP contribution is 2.46. The summed E-state index contributed by atoms with van der Waals surface area (Å²) in [5.74, 6) is 0.539. The van der Waals surface area contributed by atoms with E-state index >= 15 is 0 Å². The number of amides is 1. The van der Waals surface area contributed by atoms with Crippen molar-refractivity contribution < 1.29 is 13.2 Å². The topological polar surface area (TPSA) is 78.8 Å². The maximum atomic E-state index is 13.0. The van der Waals surface area contributed by atoms with E-state index < -0.39 is 10.0 Å². The monoisotopic (exact) mass is 487 g/mol. The summed E-state index contributed by atoms with van der Waals surface area (Å²) < 4.78 is 29.7. The molecule has 0 atom stereocenters. The van der Waals surface area contributed by atoms with Crippen LogP contribution in [-0.4, -0.2) is 38.2 Å². The Labute approximate surface area is 184 Å². The molecule has 2 aliphatic heterocycles. The molecular formula is C22H22BrN3O3S. The summed E-state index contributed by atoms with van der Waals surface area (Å²) in [4.78, 5) is 15.2. The zero-order chi connectivity index (χ0) is 20.9. The number of nitrogens with one attached hydrogen (secondary N) is 1. The van der Waals surface area contributed by atoms with Crippen molar-refractivity contribution in [2.75, 3.05) is 13.1 Å². The van der Waals surface area contributed by atoms with Crippen molar-refractivity contribution in [3.05, 3.63) is 64.1 Å². The molecule has 2 aromatic rings. The molecular weight excluding hydrogens is 466 g/mol. The first-order chi connectivity index (χ1) is 14.4. The number of nitrogens with zero attached hydrogens (tertiary/aromatic N) is 2. The Morgan fingerprint density at radius 1 is 1.07 bits per heavy atom. The number of carbonyl (C=O) groups is 1. The molecule has 1 aliphatic carbocycles. The minimum atomic E-state index is -3.62. The molecule has 3 aliphatic rings. The highest BCUT2D eigenvalue weighted by molar-refractivity contribution is 9.10. The summed E-state index contributed by atoms with van der Waals surface area (Å²) in [5, 5.41) is 3.29. The second-order valence-corrected chi connectivity index (χ2v) is 10.7. The Bertz CT molecular complexity index is 1130. The highest BCUT2D eigenvalue weighted by Gasteiger charge is 2.46. The lowest BCUT2D eigenvalue weighted by atomic mass is 9.94. The molecule has 156 valence electrons. The van der Waals surface area contributed by atoms with Crippen LogP contribution in [0, 0.1) is 5.92 Å². The van der Waals surface area contributed by atoms with Crippen LogP contribution in [0.2, 0.25) is 0 Å². The predicted molar refractivity (Wildman–Crippen MR) is 118 cm³/mol.